The monoisotopic (exact) mass is 323 g/mol. The van der Waals surface area contributed by atoms with Crippen LogP contribution in [0.1, 0.15) is 25.1 Å². The van der Waals surface area contributed by atoms with Crippen LogP contribution in [0.2, 0.25) is 10.0 Å². The van der Waals surface area contributed by atoms with Gasteiger partial charge in [-0.25, -0.2) is 0 Å². The average molecular weight is 324 g/mol. The summed E-state index contributed by atoms with van der Waals surface area (Å²) in [6.45, 7) is 3.82. The highest BCUT2D eigenvalue weighted by atomic mass is 35.5. The Bertz CT molecular complexity index is 630. The fourth-order valence-corrected chi connectivity index (χ4v) is 2.18. The summed E-state index contributed by atoms with van der Waals surface area (Å²) in [5.74, 6) is 0. The highest BCUT2D eigenvalue weighted by molar-refractivity contribution is 6.37. The number of oxime groups is 1. The van der Waals surface area contributed by atoms with Crippen LogP contribution in [0, 0.1) is 0 Å². The lowest BCUT2D eigenvalue weighted by molar-refractivity contribution is 0.0857. The predicted molar refractivity (Wildman–Crippen MR) is 85.0 cm³/mol. The average Bonchev–Trinajstić information content (AvgIpc) is 2.45. The van der Waals surface area contributed by atoms with Crippen LogP contribution in [-0.2, 0) is 11.3 Å². The minimum absolute atomic E-state index is 0.0204. The zero-order valence-electron chi connectivity index (χ0n) is 11.8. The van der Waals surface area contributed by atoms with Crippen molar-refractivity contribution < 1.29 is 4.84 Å². The minimum atomic E-state index is -0.0204. The maximum Gasteiger partial charge on any atom is 0.122 e. The van der Waals surface area contributed by atoms with Gasteiger partial charge in [0.25, 0.3) is 0 Å². The Balaban J connectivity index is 2.34. The Morgan fingerprint density at radius 3 is 2.71 bits per heavy atom. The lowest BCUT2D eigenvalue weighted by Gasteiger charge is -2.10. The Morgan fingerprint density at radius 2 is 2.10 bits per heavy atom. The normalized spacial score (nSPS) is 11.8. The fraction of sp³-hybridized carbons (Fsp3) is 0.267. The van der Waals surface area contributed by atoms with Gasteiger partial charge in [0.2, 0.25) is 0 Å². The summed E-state index contributed by atoms with van der Waals surface area (Å²) in [5, 5.41) is 5.30. The van der Waals surface area contributed by atoms with E-state index in [1.807, 2.05) is 19.9 Å². The Hall–Kier alpha value is -1.65. The van der Waals surface area contributed by atoms with Crippen LogP contribution in [0.25, 0.3) is 0 Å². The molecule has 0 aliphatic carbocycles. The van der Waals surface area contributed by atoms with Gasteiger partial charge in [-0.15, -0.1) is 0 Å². The van der Waals surface area contributed by atoms with Crippen molar-refractivity contribution in [3.8, 4) is 0 Å². The maximum absolute atomic E-state index is 6.25. The largest absolute Gasteiger partial charge is 0.393 e. The molecule has 0 saturated carbocycles. The minimum Gasteiger partial charge on any atom is -0.393 e. The Labute approximate surface area is 133 Å². The molecule has 0 bridgehead atoms. The summed E-state index contributed by atoms with van der Waals surface area (Å²) < 4.78 is 0. The molecule has 0 spiro atoms. The first-order valence-electron chi connectivity index (χ1n) is 6.49. The molecular formula is C15H15Cl2N3O. The topological polar surface area (TPSA) is 47.4 Å². The van der Waals surface area contributed by atoms with Gasteiger partial charge in [-0.2, -0.15) is 0 Å². The van der Waals surface area contributed by atoms with E-state index in [1.165, 1.54) is 0 Å². The lowest BCUT2D eigenvalue weighted by atomic mass is 10.1. The molecule has 1 aromatic carbocycles. The van der Waals surface area contributed by atoms with E-state index in [1.54, 1.807) is 30.7 Å². The van der Waals surface area contributed by atoms with Crippen molar-refractivity contribution >= 4 is 28.9 Å². The maximum atomic E-state index is 6.25. The molecule has 4 nitrogen and oxygen atoms in total. The summed E-state index contributed by atoms with van der Waals surface area (Å²) in [6.07, 6.45) is 5.41. The number of nitrogens with zero attached hydrogens (tertiary/aromatic N) is 3. The zero-order chi connectivity index (χ0) is 15.2. The highest BCUT2D eigenvalue weighted by Crippen LogP contribution is 2.23. The van der Waals surface area contributed by atoms with E-state index in [2.05, 4.69) is 15.1 Å². The van der Waals surface area contributed by atoms with Crippen molar-refractivity contribution in [1.29, 1.82) is 0 Å². The number of rotatable bonds is 5. The number of benzene rings is 1. The van der Waals surface area contributed by atoms with Crippen molar-refractivity contribution in [1.82, 2.24) is 9.97 Å². The number of hydrogen-bond donors (Lipinski definition) is 0. The SMILES string of the molecule is CC(C)ON=C(Cc1cnccn1)c1ccc(Cl)cc1Cl. The van der Waals surface area contributed by atoms with E-state index in [-0.39, 0.29) is 6.10 Å². The smallest absolute Gasteiger partial charge is 0.122 e. The summed E-state index contributed by atoms with van der Waals surface area (Å²) in [6, 6.07) is 5.27. The number of aromatic nitrogens is 2. The van der Waals surface area contributed by atoms with Crippen LogP contribution in [-0.4, -0.2) is 21.8 Å². The molecule has 1 aromatic heterocycles. The molecule has 1 heterocycles. The van der Waals surface area contributed by atoms with Crippen LogP contribution in [0.15, 0.2) is 41.9 Å². The van der Waals surface area contributed by atoms with Crippen LogP contribution < -0.4 is 0 Å². The van der Waals surface area contributed by atoms with Crippen molar-refractivity contribution in [3.63, 3.8) is 0 Å². The molecule has 110 valence electrons. The summed E-state index contributed by atoms with van der Waals surface area (Å²) in [4.78, 5) is 13.7. The second-order valence-electron chi connectivity index (χ2n) is 4.69. The molecule has 0 unspecified atom stereocenters. The third kappa shape index (κ3) is 4.69. The number of hydrogen-bond acceptors (Lipinski definition) is 4. The molecule has 0 radical (unpaired) electrons. The second kappa shape index (κ2) is 7.38. The van der Waals surface area contributed by atoms with Crippen LogP contribution >= 0.6 is 23.2 Å². The van der Waals surface area contributed by atoms with Gasteiger partial charge in [0.05, 0.1) is 16.4 Å². The van der Waals surface area contributed by atoms with E-state index in [4.69, 9.17) is 28.0 Å². The highest BCUT2D eigenvalue weighted by Gasteiger charge is 2.12. The van der Waals surface area contributed by atoms with Gasteiger partial charge < -0.3 is 4.84 Å². The molecule has 2 aromatic rings. The lowest BCUT2D eigenvalue weighted by Crippen LogP contribution is -2.10. The van der Waals surface area contributed by atoms with Gasteiger partial charge >= 0.3 is 0 Å². The molecule has 2 rings (SSSR count). The van der Waals surface area contributed by atoms with Crippen molar-refractivity contribution in [2.45, 2.75) is 26.4 Å². The first-order chi connectivity index (χ1) is 10.1. The molecule has 0 atom stereocenters. The van der Waals surface area contributed by atoms with Crippen molar-refractivity contribution in [3.05, 3.63) is 58.1 Å². The second-order valence-corrected chi connectivity index (χ2v) is 5.53. The summed E-state index contributed by atoms with van der Waals surface area (Å²) in [5.41, 5.74) is 2.24. The van der Waals surface area contributed by atoms with Gasteiger partial charge in [-0.1, -0.05) is 34.4 Å². The zero-order valence-corrected chi connectivity index (χ0v) is 13.3. The first-order valence-corrected chi connectivity index (χ1v) is 7.25. The molecular weight excluding hydrogens is 309 g/mol. The van der Waals surface area contributed by atoms with E-state index in [0.29, 0.717) is 22.2 Å². The molecule has 0 saturated heterocycles. The summed E-state index contributed by atoms with van der Waals surface area (Å²) in [7, 11) is 0. The van der Waals surface area contributed by atoms with Crippen LogP contribution in [0.5, 0.6) is 0 Å². The van der Waals surface area contributed by atoms with Gasteiger partial charge in [-0.3, -0.25) is 9.97 Å². The molecule has 0 N–H and O–H groups in total. The van der Waals surface area contributed by atoms with Gasteiger partial charge in [0, 0.05) is 35.6 Å². The molecule has 6 heteroatoms. The molecule has 21 heavy (non-hydrogen) atoms. The van der Waals surface area contributed by atoms with Gasteiger partial charge in [0.15, 0.2) is 0 Å². The number of halogens is 2. The Morgan fingerprint density at radius 1 is 1.29 bits per heavy atom. The van der Waals surface area contributed by atoms with Crippen molar-refractivity contribution in [2.24, 2.45) is 5.16 Å². The first kappa shape index (κ1) is 15.7. The van der Waals surface area contributed by atoms with Gasteiger partial charge in [-0.05, 0) is 26.0 Å². The van der Waals surface area contributed by atoms with E-state index in [9.17, 15) is 0 Å². The van der Waals surface area contributed by atoms with Crippen molar-refractivity contribution in [2.75, 3.05) is 0 Å². The van der Waals surface area contributed by atoms with E-state index >= 15 is 0 Å². The molecule has 0 fully saturated rings. The molecule has 0 amide bonds. The van der Waals surface area contributed by atoms with E-state index < -0.39 is 0 Å². The summed E-state index contributed by atoms with van der Waals surface area (Å²) >= 11 is 12.2. The molecule has 0 aliphatic heterocycles. The fourth-order valence-electron chi connectivity index (χ4n) is 1.66. The van der Waals surface area contributed by atoms with Crippen LogP contribution in [0.3, 0.4) is 0 Å². The Kier molecular flexibility index (Phi) is 5.53. The van der Waals surface area contributed by atoms with E-state index in [0.717, 1.165) is 11.3 Å². The molecule has 0 aliphatic rings. The quantitative estimate of drug-likeness (QED) is 0.613. The van der Waals surface area contributed by atoms with Crippen LogP contribution in [0.4, 0.5) is 0 Å². The third-order valence-electron chi connectivity index (χ3n) is 2.58. The third-order valence-corrected chi connectivity index (χ3v) is 3.13. The standard InChI is InChI=1S/C15H15Cl2N3O/c1-10(2)21-20-15(8-12-9-18-5-6-19-12)13-4-3-11(16)7-14(13)17/h3-7,9-10H,8H2,1-2H3. The predicted octanol–water partition coefficient (Wildman–Crippen LogP) is 4.16. The van der Waals surface area contributed by atoms with Gasteiger partial charge in [0.1, 0.15) is 6.10 Å².